The summed E-state index contributed by atoms with van der Waals surface area (Å²) in [6.07, 6.45) is 4.96. The minimum absolute atomic E-state index is 0.0736. The summed E-state index contributed by atoms with van der Waals surface area (Å²) in [5.41, 5.74) is 1.37. The van der Waals surface area contributed by atoms with E-state index in [0.717, 1.165) is 12.8 Å². The van der Waals surface area contributed by atoms with E-state index in [1.807, 2.05) is 10.8 Å². The number of piperidine rings is 1. The molecule has 2 atom stereocenters. The lowest BCUT2D eigenvalue weighted by Gasteiger charge is -2.38. The van der Waals surface area contributed by atoms with E-state index in [-0.39, 0.29) is 28.6 Å². The lowest BCUT2D eigenvalue weighted by atomic mass is 9.93. The summed E-state index contributed by atoms with van der Waals surface area (Å²) in [4.78, 5) is 40.3. The van der Waals surface area contributed by atoms with E-state index in [1.165, 1.54) is 18.4 Å². The highest BCUT2D eigenvalue weighted by Crippen LogP contribution is 2.35. The Hall–Kier alpha value is -2.64. The van der Waals surface area contributed by atoms with Crippen molar-refractivity contribution in [3.05, 3.63) is 38.7 Å². The zero-order valence-corrected chi connectivity index (χ0v) is 25.3. The number of esters is 1. The van der Waals surface area contributed by atoms with Crippen LogP contribution in [-0.4, -0.2) is 84.6 Å². The number of imidazole rings is 1. The molecule has 1 amide bonds. The first kappa shape index (κ1) is 30.3. The van der Waals surface area contributed by atoms with E-state index in [1.54, 1.807) is 20.2 Å². The zero-order chi connectivity index (χ0) is 28.8. The highest BCUT2D eigenvalue weighted by Gasteiger charge is 2.34. The number of thiazole rings is 1. The third-order valence-electron chi connectivity index (χ3n) is 6.76. The molecule has 2 N–H and O–H groups in total. The molecule has 1 aliphatic heterocycles. The number of H-pyrrole nitrogens is 1. The summed E-state index contributed by atoms with van der Waals surface area (Å²) in [5, 5.41) is 4.23. The molecule has 14 heteroatoms. The maximum absolute atomic E-state index is 12.8. The van der Waals surface area contributed by atoms with Crippen molar-refractivity contribution in [3.8, 4) is 11.5 Å². The molecule has 218 valence electrons. The fourth-order valence-corrected chi connectivity index (χ4v) is 6.02. The van der Waals surface area contributed by atoms with Crippen LogP contribution in [0.1, 0.15) is 45.6 Å². The number of amides is 1. The van der Waals surface area contributed by atoms with Gasteiger partial charge in [-0.1, -0.05) is 41.5 Å². The van der Waals surface area contributed by atoms with Crippen LogP contribution in [-0.2, 0) is 20.8 Å². The van der Waals surface area contributed by atoms with Crippen molar-refractivity contribution in [2.24, 2.45) is 5.92 Å². The van der Waals surface area contributed by atoms with Crippen LogP contribution in [0.25, 0.3) is 11.5 Å². The lowest BCUT2D eigenvalue weighted by Crippen LogP contribution is -2.49. The Morgan fingerprint density at radius 2 is 2.05 bits per heavy atom. The highest BCUT2D eigenvalue weighted by atomic mass is 35.5. The van der Waals surface area contributed by atoms with Crippen molar-refractivity contribution in [1.82, 2.24) is 24.8 Å². The molecule has 0 bridgehead atoms. The molecular weight excluding hydrogens is 579 g/mol. The largest absolute Gasteiger partial charge is 0.465 e. The molecule has 0 radical (unpaired) electrons. The highest BCUT2D eigenvalue weighted by molar-refractivity contribution is 7.17. The van der Waals surface area contributed by atoms with E-state index in [0.29, 0.717) is 71.6 Å². The van der Waals surface area contributed by atoms with Crippen molar-refractivity contribution < 1.29 is 23.8 Å². The molecule has 40 heavy (non-hydrogen) atoms. The summed E-state index contributed by atoms with van der Waals surface area (Å²) in [5.74, 6) is -0.123. The van der Waals surface area contributed by atoms with E-state index in [2.05, 4.69) is 27.1 Å². The second-order valence-electron chi connectivity index (χ2n) is 9.47. The van der Waals surface area contributed by atoms with Crippen molar-refractivity contribution in [3.63, 3.8) is 0 Å². The first-order valence-electron chi connectivity index (χ1n) is 13.1. The molecule has 3 aromatic rings. The molecule has 0 saturated carbocycles. The number of hydrogen-bond acceptors (Lipinski definition) is 9. The monoisotopic (exact) mass is 612 g/mol. The molecular formula is C26H34Cl2N6O5S. The van der Waals surface area contributed by atoms with Gasteiger partial charge < -0.3 is 34.0 Å². The second-order valence-corrected chi connectivity index (χ2v) is 11.2. The van der Waals surface area contributed by atoms with Gasteiger partial charge in [-0.25, -0.2) is 14.8 Å². The van der Waals surface area contributed by atoms with Gasteiger partial charge in [-0.15, -0.1) is 0 Å². The van der Waals surface area contributed by atoms with Gasteiger partial charge in [-0.2, -0.15) is 0 Å². The first-order valence-corrected chi connectivity index (χ1v) is 14.6. The Morgan fingerprint density at radius 3 is 2.73 bits per heavy atom. The van der Waals surface area contributed by atoms with Gasteiger partial charge >= 0.3 is 5.97 Å². The maximum atomic E-state index is 12.8. The Morgan fingerprint density at radius 1 is 1.25 bits per heavy atom. The third-order valence-corrected chi connectivity index (χ3v) is 8.80. The van der Waals surface area contributed by atoms with Crippen LogP contribution in [0.15, 0.2) is 12.4 Å². The smallest absolute Gasteiger partial charge is 0.350 e. The molecule has 4 rings (SSSR count). The van der Waals surface area contributed by atoms with Crippen molar-refractivity contribution in [2.45, 2.75) is 39.3 Å². The fraction of sp³-hybridized carbons (Fsp3) is 0.538. The SMILES string of the molecule is CCCOC1CN(c2nc(-c3nccn3CCOC)c(C(=O)OC)s2)CCC1CNC(=O)c1[nH]c(C)c(Cl)c1Cl. The number of hydrogen-bond donors (Lipinski definition) is 2. The summed E-state index contributed by atoms with van der Waals surface area (Å²) in [6, 6.07) is 0. The van der Waals surface area contributed by atoms with E-state index in [9.17, 15) is 9.59 Å². The molecule has 0 spiro atoms. The summed E-state index contributed by atoms with van der Waals surface area (Å²) >= 11 is 13.6. The quantitative estimate of drug-likeness (QED) is 0.288. The number of aromatic amines is 1. The predicted octanol–water partition coefficient (Wildman–Crippen LogP) is 4.43. The maximum Gasteiger partial charge on any atom is 0.350 e. The molecule has 2 unspecified atom stereocenters. The molecule has 1 fully saturated rings. The fourth-order valence-electron chi connectivity index (χ4n) is 4.59. The van der Waals surface area contributed by atoms with Gasteiger partial charge in [0.1, 0.15) is 16.3 Å². The van der Waals surface area contributed by atoms with Crippen LogP contribution in [0.5, 0.6) is 0 Å². The number of nitrogens with one attached hydrogen (secondary N) is 2. The molecule has 4 heterocycles. The molecule has 3 aromatic heterocycles. The summed E-state index contributed by atoms with van der Waals surface area (Å²) in [6.45, 7) is 7.12. The van der Waals surface area contributed by atoms with Crippen molar-refractivity contribution in [2.75, 3.05) is 52.0 Å². The third kappa shape index (κ3) is 6.63. The number of carbonyl (C=O) groups is 2. The molecule has 1 saturated heterocycles. The minimum atomic E-state index is -0.463. The first-order chi connectivity index (χ1) is 19.3. The Kier molecular flexibility index (Phi) is 10.5. The topological polar surface area (TPSA) is 124 Å². The average Bonchev–Trinajstić information content (AvgIpc) is 3.68. The number of nitrogens with zero attached hydrogens (tertiary/aromatic N) is 4. The standard InChI is InChI=1S/C26H34Cl2N6O5S/c1-5-11-39-17-14-34(8-6-16(17)13-30-24(35)20-19(28)18(27)15(2)31-20)26-32-21(22(40-26)25(36)38-4)23-29-7-9-33(23)10-12-37-3/h7,9,16-17,31H,5-6,8,10-14H2,1-4H3,(H,30,35). The molecule has 1 aliphatic rings. The number of aromatic nitrogens is 4. The predicted molar refractivity (Wildman–Crippen MR) is 155 cm³/mol. The van der Waals surface area contributed by atoms with Crippen LogP contribution in [0.3, 0.4) is 0 Å². The molecule has 0 aromatic carbocycles. The average molecular weight is 614 g/mol. The number of methoxy groups -OCH3 is 2. The Labute approximate surface area is 247 Å². The number of ether oxygens (including phenoxy) is 3. The Balaban J connectivity index is 1.52. The van der Waals surface area contributed by atoms with Crippen LogP contribution in [0.2, 0.25) is 10.0 Å². The van der Waals surface area contributed by atoms with E-state index in [4.69, 9.17) is 42.4 Å². The van der Waals surface area contributed by atoms with Gasteiger partial charge in [0.25, 0.3) is 5.91 Å². The van der Waals surface area contributed by atoms with Crippen molar-refractivity contribution in [1.29, 1.82) is 0 Å². The van der Waals surface area contributed by atoms with Gasteiger partial charge in [0.2, 0.25) is 0 Å². The van der Waals surface area contributed by atoms with Gasteiger partial charge in [0, 0.05) is 63.9 Å². The van der Waals surface area contributed by atoms with Gasteiger partial charge in [-0.3, -0.25) is 4.79 Å². The summed E-state index contributed by atoms with van der Waals surface area (Å²) in [7, 11) is 2.99. The van der Waals surface area contributed by atoms with Crippen LogP contribution in [0.4, 0.5) is 5.13 Å². The van der Waals surface area contributed by atoms with E-state index < -0.39 is 5.97 Å². The molecule has 0 aliphatic carbocycles. The molecule has 11 nitrogen and oxygen atoms in total. The second kappa shape index (κ2) is 13.8. The van der Waals surface area contributed by atoms with Gasteiger partial charge in [-0.05, 0) is 19.8 Å². The minimum Gasteiger partial charge on any atom is -0.465 e. The zero-order valence-electron chi connectivity index (χ0n) is 23.0. The number of halogens is 2. The number of rotatable bonds is 12. The van der Waals surface area contributed by atoms with E-state index >= 15 is 0 Å². The lowest BCUT2D eigenvalue weighted by molar-refractivity contribution is 0.00608. The van der Waals surface area contributed by atoms with Crippen molar-refractivity contribution >= 4 is 51.5 Å². The number of aryl methyl sites for hydroxylation is 1. The van der Waals surface area contributed by atoms with Gasteiger partial charge in [0.05, 0.1) is 29.9 Å². The van der Waals surface area contributed by atoms with Crippen LogP contribution >= 0.6 is 34.5 Å². The normalized spacial score (nSPS) is 17.3. The Bertz CT molecular complexity index is 1320. The van der Waals surface area contributed by atoms with Gasteiger partial charge in [0.15, 0.2) is 11.0 Å². The number of anilines is 1. The summed E-state index contributed by atoms with van der Waals surface area (Å²) < 4.78 is 18.4. The van der Waals surface area contributed by atoms with Crippen LogP contribution in [0, 0.1) is 12.8 Å². The number of carbonyl (C=O) groups excluding carboxylic acids is 2. The van der Waals surface area contributed by atoms with Crippen LogP contribution < -0.4 is 10.2 Å².